The minimum absolute atomic E-state index is 0.184. The van der Waals surface area contributed by atoms with Crippen molar-refractivity contribution in [3.05, 3.63) is 37.0 Å². The first-order valence-corrected chi connectivity index (χ1v) is 6.18. The molecule has 0 unspecified atom stereocenters. The van der Waals surface area contributed by atoms with E-state index >= 15 is 0 Å². The molecular weight excluding hydrogens is 228 g/mol. The van der Waals surface area contributed by atoms with Gasteiger partial charge in [-0.3, -0.25) is 4.79 Å². The molecule has 0 aliphatic heterocycles. The van der Waals surface area contributed by atoms with Crippen LogP contribution in [-0.2, 0) is 14.3 Å². The largest absolute Gasteiger partial charge is 0.348 e. The highest BCUT2D eigenvalue weighted by Gasteiger charge is 2.33. The number of hydrogen-bond acceptors (Lipinski definition) is 3. The van der Waals surface area contributed by atoms with Gasteiger partial charge in [0.2, 0.25) is 0 Å². The van der Waals surface area contributed by atoms with E-state index < -0.39 is 0 Å². The lowest BCUT2D eigenvalue weighted by Gasteiger charge is -2.19. The molecule has 0 saturated heterocycles. The Morgan fingerprint density at radius 2 is 1.89 bits per heavy atom. The van der Waals surface area contributed by atoms with Crippen molar-refractivity contribution in [2.75, 3.05) is 13.2 Å². The Balaban J connectivity index is 2.55. The lowest BCUT2D eigenvalue weighted by molar-refractivity contribution is -0.126. The first-order valence-electron chi connectivity index (χ1n) is 6.18. The van der Waals surface area contributed by atoms with Crippen molar-refractivity contribution in [3.8, 4) is 0 Å². The third kappa shape index (κ3) is 4.24. The number of rotatable bonds is 8. The van der Waals surface area contributed by atoms with Gasteiger partial charge in [-0.1, -0.05) is 31.6 Å². The quantitative estimate of drug-likeness (QED) is 0.490. The summed E-state index contributed by atoms with van der Waals surface area (Å²) in [5.41, 5.74) is 0.805. The van der Waals surface area contributed by atoms with Gasteiger partial charge in [-0.25, -0.2) is 0 Å². The molecule has 0 radical (unpaired) electrons. The second-order valence-electron chi connectivity index (χ2n) is 5.11. The fourth-order valence-corrected chi connectivity index (χ4v) is 1.95. The molecule has 1 aliphatic carbocycles. The summed E-state index contributed by atoms with van der Waals surface area (Å²) in [6.45, 7) is 12.0. The van der Waals surface area contributed by atoms with Crippen LogP contribution in [0.15, 0.2) is 37.0 Å². The molecule has 0 aromatic carbocycles. The van der Waals surface area contributed by atoms with Crippen molar-refractivity contribution < 1.29 is 14.3 Å². The highest BCUT2D eigenvalue weighted by Crippen LogP contribution is 2.35. The zero-order chi connectivity index (χ0) is 13.6. The van der Waals surface area contributed by atoms with E-state index in [4.69, 9.17) is 9.47 Å². The molecule has 0 atom stereocenters. The zero-order valence-electron chi connectivity index (χ0n) is 11.3. The second-order valence-corrected chi connectivity index (χ2v) is 5.11. The number of carbonyl (C=O) groups excluding carboxylic acids is 1. The molecule has 0 aromatic rings. The van der Waals surface area contributed by atoms with Crippen LogP contribution >= 0.6 is 0 Å². The zero-order valence-corrected chi connectivity index (χ0v) is 11.3. The van der Waals surface area contributed by atoms with Crippen molar-refractivity contribution in [3.63, 3.8) is 0 Å². The molecule has 0 heterocycles. The monoisotopic (exact) mass is 250 g/mol. The van der Waals surface area contributed by atoms with E-state index in [9.17, 15) is 4.79 Å². The van der Waals surface area contributed by atoms with Gasteiger partial charge < -0.3 is 9.47 Å². The number of ether oxygens (including phenoxy) is 2. The van der Waals surface area contributed by atoms with Gasteiger partial charge in [0, 0.05) is 11.8 Å². The summed E-state index contributed by atoms with van der Waals surface area (Å²) >= 11 is 0. The van der Waals surface area contributed by atoms with Crippen molar-refractivity contribution in [2.45, 2.75) is 33.0 Å². The van der Waals surface area contributed by atoms with Crippen LogP contribution in [-0.4, -0.2) is 25.3 Å². The molecule has 0 saturated carbocycles. The SMILES string of the molecule is C=CCOC(CC1=CC(=O)C(C)(C)C1)OCC=C. The Morgan fingerprint density at radius 1 is 1.33 bits per heavy atom. The molecule has 0 spiro atoms. The summed E-state index contributed by atoms with van der Waals surface area (Å²) < 4.78 is 11.0. The first kappa shape index (κ1) is 14.9. The van der Waals surface area contributed by atoms with Crippen LogP contribution in [0, 0.1) is 5.41 Å². The van der Waals surface area contributed by atoms with Gasteiger partial charge in [-0.2, -0.15) is 0 Å². The van der Waals surface area contributed by atoms with Gasteiger partial charge in [0.25, 0.3) is 0 Å². The highest BCUT2D eigenvalue weighted by molar-refractivity contribution is 5.97. The minimum Gasteiger partial charge on any atom is -0.348 e. The van der Waals surface area contributed by atoms with Gasteiger partial charge in [-0.05, 0) is 12.5 Å². The van der Waals surface area contributed by atoms with E-state index in [1.807, 2.05) is 13.8 Å². The van der Waals surface area contributed by atoms with Crippen LogP contribution in [0.3, 0.4) is 0 Å². The van der Waals surface area contributed by atoms with E-state index in [0.717, 1.165) is 12.0 Å². The van der Waals surface area contributed by atoms with E-state index in [0.29, 0.717) is 19.6 Å². The van der Waals surface area contributed by atoms with Crippen LogP contribution in [0.4, 0.5) is 0 Å². The lowest BCUT2D eigenvalue weighted by Crippen LogP contribution is -2.19. The van der Waals surface area contributed by atoms with Crippen LogP contribution in [0.2, 0.25) is 0 Å². The molecular formula is C15H22O3. The Bertz CT molecular complexity index is 341. The number of carbonyl (C=O) groups is 1. The molecule has 0 amide bonds. The molecule has 100 valence electrons. The smallest absolute Gasteiger partial charge is 0.162 e. The molecule has 0 fully saturated rings. The van der Waals surface area contributed by atoms with Crippen LogP contribution in [0.5, 0.6) is 0 Å². The molecule has 1 rings (SSSR count). The first-order chi connectivity index (χ1) is 8.49. The maximum absolute atomic E-state index is 11.7. The molecule has 0 aromatic heterocycles. The molecule has 1 aliphatic rings. The van der Waals surface area contributed by atoms with Gasteiger partial charge in [0.05, 0.1) is 13.2 Å². The summed E-state index contributed by atoms with van der Waals surface area (Å²) in [7, 11) is 0. The lowest BCUT2D eigenvalue weighted by atomic mass is 9.88. The average molecular weight is 250 g/mol. The van der Waals surface area contributed by atoms with Gasteiger partial charge >= 0.3 is 0 Å². The minimum atomic E-state index is -0.339. The molecule has 0 bridgehead atoms. The van der Waals surface area contributed by atoms with Crippen molar-refractivity contribution in [1.82, 2.24) is 0 Å². The van der Waals surface area contributed by atoms with Crippen LogP contribution < -0.4 is 0 Å². The van der Waals surface area contributed by atoms with Crippen LogP contribution in [0.1, 0.15) is 26.7 Å². The average Bonchev–Trinajstić information content (AvgIpc) is 2.56. The van der Waals surface area contributed by atoms with Crippen molar-refractivity contribution in [2.24, 2.45) is 5.41 Å². The van der Waals surface area contributed by atoms with Gasteiger partial charge in [0.15, 0.2) is 12.1 Å². The molecule has 3 heteroatoms. The van der Waals surface area contributed by atoms with Gasteiger partial charge in [0.1, 0.15) is 0 Å². The third-order valence-electron chi connectivity index (χ3n) is 2.90. The predicted molar refractivity (Wildman–Crippen MR) is 72.2 cm³/mol. The summed E-state index contributed by atoms with van der Waals surface area (Å²) in [5, 5.41) is 0. The fourth-order valence-electron chi connectivity index (χ4n) is 1.95. The number of allylic oxidation sites excluding steroid dienone is 1. The predicted octanol–water partition coefficient (Wildman–Crippen LogP) is 3.03. The Kier molecular flexibility index (Phi) is 5.51. The van der Waals surface area contributed by atoms with Crippen molar-refractivity contribution >= 4 is 5.78 Å². The molecule has 0 N–H and O–H groups in total. The van der Waals surface area contributed by atoms with Gasteiger partial charge in [-0.15, -0.1) is 13.2 Å². The van der Waals surface area contributed by atoms with Crippen LogP contribution in [0.25, 0.3) is 0 Å². The fraction of sp³-hybridized carbons (Fsp3) is 0.533. The normalized spacial score (nSPS) is 17.9. The third-order valence-corrected chi connectivity index (χ3v) is 2.90. The second kappa shape index (κ2) is 6.66. The standard InChI is InChI=1S/C15H22O3/c1-5-7-17-14(18-8-6-2)10-12-9-13(16)15(3,4)11-12/h5-6,9,14H,1-2,7-8,10-11H2,3-4H3. The summed E-state index contributed by atoms with van der Waals surface area (Å²) in [5.74, 6) is 0.184. The number of hydrogen-bond donors (Lipinski definition) is 0. The maximum Gasteiger partial charge on any atom is 0.162 e. The van der Waals surface area contributed by atoms with E-state index in [-0.39, 0.29) is 17.5 Å². The Morgan fingerprint density at radius 3 is 2.28 bits per heavy atom. The summed E-state index contributed by atoms with van der Waals surface area (Å²) in [6, 6.07) is 0. The van der Waals surface area contributed by atoms with E-state index in [1.165, 1.54) is 0 Å². The molecule has 3 nitrogen and oxygen atoms in total. The number of ketones is 1. The summed E-state index contributed by atoms with van der Waals surface area (Å²) in [4.78, 5) is 11.7. The van der Waals surface area contributed by atoms with E-state index in [1.54, 1.807) is 18.2 Å². The Labute approximate surface area is 109 Å². The summed E-state index contributed by atoms with van der Waals surface area (Å²) in [6.07, 6.45) is 6.15. The maximum atomic E-state index is 11.7. The Hall–Kier alpha value is -1.19. The molecule has 18 heavy (non-hydrogen) atoms. The topological polar surface area (TPSA) is 35.5 Å². The van der Waals surface area contributed by atoms with E-state index in [2.05, 4.69) is 13.2 Å². The van der Waals surface area contributed by atoms with Crippen molar-refractivity contribution in [1.29, 1.82) is 0 Å². The highest BCUT2D eigenvalue weighted by atomic mass is 16.7.